The number of nitrogens with one attached hydrogen (secondary N) is 1. The quantitative estimate of drug-likeness (QED) is 0.827. The Morgan fingerprint density at radius 2 is 2.00 bits per heavy atom. The van der Waals surface area contributed by atoms with E-state index in [0.717, 1.165) is 5.56 Å². The van der Waals surface area contributed by atoms with E-state index in [0.29, 0.717) is 23.7 Å². The summed E-state index contributed by atoms with van der Waals surface area (Å²) in [6.07, 6.45) is 1.58. The van der Waals surface area contributed by atoms with E-state index < -0.39 is 11.0 Å². The minimum Gasteiger partial charge on any atom is -0.490 e. The lowest BCUT2D eigenvalue weighted by atomic mass is 9.86. The fourth-order valence-corrected chi connectivity index (χ4v) is 2.08. The van der Waals surface area contributed by atoms with Crippen molar-refractivity contribution < 1.29 is 8.95 Å². The fourth-order valence-electron chi connectivity index (χ4n) is 1.62. The number of benzene rings is 1. The summed E-state index contributed by atoms with van der Waals surface area (Å²) in [5.41, 5.74) is 8.32. The highest BCUT2D eigenvalue weighted by Crippen LogP contribution is 2.37. The molecule has 1 aromatic rings. The van der Waals surface area contributed by atoms with E-state index in [9.17, 15) is 4.21 Å². The first-order valence-corrected chi connectivity index (χ1v) is 7.48. The van der Waals surface area contributed by atoms with Crippen LogP contribution in [0.3, 0.4) is 0 Å². The number of hydrogen-bond acceptors (Lipinski definition) is 3. The molecule has 0 saturated carbocycles. The molecule has 0 aromatic heterocycles. The predicted octanol–water partition coefficient (Wildman–Crippen LogP) is 2.67. The molecule has 1 unspecified atom stereocenters. The van der Waals surface area contributed by atoms with E-state index in [1.807, 2.05) is 19.1 Å². The van der Waals surface area contributed by atoms with Crippen molar-refractivity contribution in [3.8, 4) is 5.75 Å². The molecule has 0 aliphatic rings. The van der Waals surface area contributed by atoms with Crippen LogP contribution in [0.2, 0.25) is 0 Å². The zero-order valence-corrected chi connectivity index (χ0v) is 12.5. The average Bonchev–Trinajstić information content (AvgIpc) is 2.20. The number of anilines is 2. The summed E-state index contributed by atoms with van der Waals surface area (Å²) in [5.74, 6) is 0.570. The third-order valence-corrected chi connectivity index (χ3v) is 3.03. The van der Waals surface area contributed by atoms with Crippen LogP contribution in [0.5, 0.6) is 5.75 Å². The third-order valence-electron chi connectivity index (χ3n) is 2.53. The van der Waals surface area contributed by atoms with Crippen LogP contribution in [-0.4, -0.2) is 17.1 Å². The number of nitrogen functional groups attached to an aromatic ring is 1. The molecular formula is C13H22N2O2S. The largest absolute Gasteiger partial charge is 0.490 e. The highest BCUT2D eigenvalue weighted by Gasteiger charge is 2.19. The van der Waals surface area contributed by atoms with Crippen molar-refractivity contribution in [3.05, 3.63) is 17.7 Å². The van der Waals surface area contributed by atoms with Crippen molar-refractivity contribution in [3.63, 3.8) is 0 Å². The Hall–Kier alpha value is -1.23. The summed E-state index contributed by atoms with van der Waals surface area (Å²) < 4.78 is 19.7. The Labute approximate surface area is 111 Å². The molecule has 5 heteroatoms. The van der Waals surface area contributed by atoms with Crippen LogP contribution < -0.4 is 15.2 Å². The van der Waals surface area contributed by atoms with Gasteiger partial charge in [-0.1, -0.05) is 20.8 Å². The zero-order chi connectivity index (χ0) is 13.9. The van der Waals surface area contributed by atoms with E-state index >= 15 is 0 Å². The summed E-state index contributed by atoms with van der Waals surface area (Å²) in [4.78, 5) is 0. The second kappa shape index (κ2) is 5.61. The number of hydrogen-bond donors (Lipinski definition) is 2. The molecule has 102 valence electrons. The summed E-state index contributed by atoms with van der Waals surface area (Å²) >= 11 is 0. The Bertz CT molecular complexity index is 453. The molecule has 0 heterocycles. The van der Waals surface area contributed by atoms with Crippen molar-refractivity contribution >= 4 is 22.4 Å². The molecule has 0 fully saturated rings. The second-order valence-electron chi connectivity index (χ2n) is 5.18. The maximum atomic E-state index is 11.3. The molecule has 0 aliphatic carbocycles. The van der Waals surface area contributed by atoms with E-state index in [1.165, 1.54) is 0 Å². The number of nitrogens with two attached hydrogens (primary N) is 1. The van der Waals surface area contributed by atoms with Crippen LogP contribution in [0.1, 0.15) is 33.3 Å². The average molecular weight is 270 g/mol. The first-order chi connectivity index (χ1) is 8.25. The normalized spacial score (nSPS) is 13.2. The molecule has 0 radical (unpaired) electrons. The van der Waals surface area contributed by atoms with Gasteiger partial charge in [-0.2, -0.15) is 0 Å². The maximum Gasteiger partial charge on any atom is 0.166 e. The van der Waals surface area contributed by atoms with Gasteiger partial charge in [0.15, 0.2) is 5.75 Å². The van der Waals surface area contributed by atoms with E-state index in [2.05, 4.69) is 25.5 Å². The molecule has 1 aromatic carbocycles. The van der Waals surface area contributed by atoms with E-state index in [4.69, 9.17) is 10.5 Å². The first kappa shape index (κ1) is 14.8. The topological polar surface area (TPSA) is 64.3 Å². The van der Waals surface area contributed by atoms with Crippen molar-refractivity contribution in [2.45, 2.75) is 33.1 Å². The SMILES string of the molecule is CCOc1c(N)cc(C(C)(C)C)cc1NS(C)=O. The Kier molecular flexibility index (Phi) is 4.62. The van der Waals surface area contributed by atoms with Gasteiger partial charge in [0.05, 0.1) is 18.0 Å². The molecule has 0 spiro atoms. The Morgan fingerprint density at radius 3 is 2.44 bits per heavy atom. The van der Waals surface area contributed by atoms with Crippen LogP contribution in [0.4, 0.5) is 11.4 Å². The Balaban J connectivity index is 3.32. The summed E-state index contributed by atoms with van der Waals surface area (Å²) in [5, 5.41) is 0. The molecule has 0 amide bonds. The number of ether oxygens (including phenoxy) is 1. The first-order valence-electron chi connectivity index (χ1n) is 5.92. The van der Waals surface area contributed by atoms with Crippen molar-refractivity contribution in [2.75, 3.05) is 23.3 Å². The summed E-state index contributed by atoms with van der Waals surface area (Å²) in [6.45, 7) is 8.73. The molecule has 0 aliphatic heterocycles. The maximum absolute atomic E-state index is 11.3. The second-order valence-corrected chi connectivity index (χ2v) is 6.29. The third kappa shape index (κ3) is 3.63. The van der Waals surface area contributed by atoms with Crippen LogP contribution in [-0.2, 0) is 16.4 Å². The van der Waals surface area contributed by atoms with Gasteiger partial charge in [-0.3, -0.25) is 0 Å². The van der Waals surface area contributed by atoms with Gasteiger partial charge >= 0.3 is 0 Å². The molecule has 4 nitrogen and oxygen atoms in total. The Morgan fingerprint density at radius 1 is 1.39 bits per heavy atom. The van der Waals surface area contributed by atoms with Crippen LogP contribution >= 0.6 is 0 Å². The van der Waals surface area contributed by atoms with Crippen molar-refractivity contribution in [2.24, 2.45) is 0 Å². The van der Waals surface area contributed by atoms with Crippen LogP contribution in [0, 0.1) is 0 Å². The fraction of sp³-hybridized carbons (Fsp3) is 0.538. The number of rotatable bonds is 4. The highest BCUT2D eigenvalue weighted by molar-refractivity contribution is 7.85. The molecule has 0 bridgehead atoms. The van der Waals surface area contributed by atoms with E-state index in [-0.39, 0.29) is 5.41 Å². The molecule has 0 saturated heterocycles. The van der Waals surface area contributed by atoms with Gasteiger partial charge in [-0.15, -0.1) is 0 Å². The van der Waals surface area contributed by atoms with Crippen LogP contribution in [0.25, 0.3) is 0 Å². The van der Waals surface area contributed by atoms with Gasteiger partial charge in [0.2, 0.25) is 0 Å². The lowest BCUT2D eigenvalue weighted by molar-refractivity contribution is 0.343. The summed E-state index contributed by atoms with van der Waals surface area (Å²) in [7, 11) is -1.16. The minimum atomic E-state index is -1.16. The van der Waals surface area contributed by atoms with Crippen molar-refractivity contribution in [1.82, 2.24) is 0 Å². The smallest absolute Gasteiger partial charge is 0.166 e. The van der Waals surface area contributed by atoms with Gasteiger partial charge in [0, 0.05) is 6.26 Å². The van der Waals surface area contributed by atoms with Gasteiger partial charge in [0.1, 0.15) is 11.0 Å². The minimum absolute atomic E-state index is 0.0233. The summed E-state index contributed by atoms with van der Waals surface area (Å²) in [6, 6.07) is 3.86. The molecule has 18 heavy (non-hydrogen) atoms. The van der Waals surface area contributed by atoms with E-state index in [1.54, 1.807) is 6.26 Å². The standard InChI is InChI=1S/C13H22N2O2S/c1-6-17-12-10(14)7-9(13(2,3)4)8-11(12)15-18(5)16/h7-8,15H,6,14H2,1-5H3. The highest BCUT2D eigenvalue weighted by atomic mass is 32.2. The molecule has 3 N–H and O–H groups in total. The lowest BCUT2D eigenvalue weighted by Crippen LogP contribution is -2.14. The zero-order valence-electron chi connectivity index (χ0n) is 11.7. The monoisotopic (exact) mass is 270 g/mol. The van der Waals surface area contributed by atoms with Crippen molar-refractivity contribution in [1.29, 1.82) is 0 Å². The lowest BCUT2D eigenvalue weighted by Gasteiger charge is -2.22. The predicted molar refractivity (Wildman–Crippen MR) is 78.4 cm³/mol. The van der Waals surface area contributed by atoms with Gasteiger partial charge < -0.3 is 15.2 Å². The molecule has 1 rings (SSSR count). The van der Waals surface area contributed by atoms with Gasteiger partial charge in [0.25, 0.3) is 0 Å². The van der Waals surface area contributed by atoms with Gasteiger partial charge in [-0.25, -0.2) is 4.21 Å². The van der Waals surface area contributed by atoms with Gasteiger partial charge in [-0.05, 0) is 30.0 Å². The molecular weight excluding hydrogens is 248 g/mol. The van der Waals surface area contributed by atoms with Crippen LogP contribution in [0.15, 0.2) is 12.1 Å². The molecule has 1 atom stereocenters.